The summed E-state index contributed by atoms with van der Waals surface area (Å²) >= 11 is 0. The summed E-state index contributed by atoms with van der Waals surface area (Å²) in [5, 5.41) is 9.47. The molecule has 0 aliphatic rings. The average Bonchev–Trinajstić information content (AvgIpc) is 1.81. The van der Waals surface area contributed by atoms with E-state index < -0.39 is 11.7 Å². The highest BCUT2D eigenvalue weighted by Crippen LogP contribution is 2.06. The molecule has 0 spiro atoms. The highest BCUT2D eigenvalue weighted by atomic mass is 16.6. The lowest BCUT2D eigenvalue weighted by Crippen LogP contribution is -2.37. The van der Waals surface area contributed by atoms with Crippen LogP contribution < -0.4 is 5.32 Å². The van der Waals surface area contributed by atoms with E-state index in [0.717, 1.165) is 0 Å². The molecule has 0 aliphatic carbocycles. The van der Waals surface area contributed by atoms with E-state index in [0.29, 0.717) is 6.42 Å². The van der Waals surface area contributed by atoms with Gasteiger partial charge in [-0.3, -0.25) is 0 Å². The molecule has 1 amide bonds. The van der Waals surface area contributed by atoms with Crippen LogP contribution in [0, 0.1) is 5.41 Å². The molecule has 1 atom stereocenters. The molecule has 0 heterocycles. The van der Waals surface area contributed by atoms with Crippen LogP contribution in [0.5, 0.6) is 0 Å². The van der Waals surface area contributed by atoms with Gasteiger partial charge in [0.05, 0.1) is 0 Å². The molecule has 4 heteroatoms. The summed E-state index contributed by atoms with van der Waals surface area (Å²) in [5.41, 5.74) is -0.464. The van der Waals surface area contributed by atoms with Gasteiger partial charge in [-0.1, -0.05) is 0 Å². The summed E-state index contributed by atoms with van der Waals surface area (Å²) in [5.74, 6) is 0. The van der Waals surface area contributed by atoms with Gasteiger partial charge in [0, 0.05) is 12.5 Å². The Kier molecular flexibility index (Phi) is 4.45. The lowest BCUT2D eigenvalue weighted by Gasteiger charge is -2.21. The molecule has 0 aliphatic heterocycles. The molecular formula is C9H18N2O2. The van der Waals surface area contributed by atoms with Crippen LogP contribution in [-0.2, 0) is 4.74 Å². The van der Waals surface area contributed by atoms with E-state index in [9.17, 15) is 4.79 Å². The first kappa shape index (κ1) is 11.9. The lowest BCUT2D eigenvalue weighted by molar-refractivity contribution is 0.0510. The number of amides is 1. The minimum absolute atomic E-state index is 0.0488. The van der Waals surface area contributed by atoms with Crippen LogP contribution in [0.4, 0.5) is 4.79 Å². The predicted octanol–water partition coefficient (Wildman–Crippen LogP) is 1.94. The highest BCUT2D eigenvalue weighted by Gasteiger charge is 2.16. The van der Waals surface area contributed by atoms with Crippen molar-refractivity contribution in [2.75, 3.05) is 0 Å². The first-order valence-electron chi connectivity index (χ1n) is 4.33. The molecule has 2 N–H and O–H groups in total. The van der Waals surface area contributed by atoms with Crippen molar-refractivity contribution in [3.8, 4) is 0 Å². The van der Waals surface area contributed by atoms with Gasteiger partial charge in [-0.2, -0.15) is 0 Å². The molecule has 0 saturated heterocycles. The Bertz CT molecular complexity index is 185. The van der Waals surface area contributed by atoms with E-state index in [-0.39, 0.29) is 6.04 Å². The zero-order valence-corrected chi connectivity index (χ0v) is 8.68. The minimum Gasteiger partial charge on any atom is -0.444 e. The molecule has 0 unspecified atom stereocenters. The molecular weight excluding hydrogens is 168 g/mol. The third-order valence-corrected chi connectivity index (χ3v) is 1.23. The van der Waals surface area contributed by atoms with E-state index in [1.165, 1.54) is 6.21 Å². The maximum absolute atomic E-state index is 11.1. The van der Waals surface area contributed by atoms with Gasteiger partial charge in [0.25, 0.3) is 0 Å². The molecule has 0 bridgehead atoms. The second kappa shape index (κ2) is 4.84. The Labute approximate surface area is 79.2 Å². The van der Waals surface area contributed by atoms with Crippen LogP contribution in [0.15, 0.2) is 0 Å². The van der Waals surface area contributed by atoms with E-state index in [1.54, 1.807) is 0 Å². The quantitative estimate of drug-likeness (QED) is 0.661. The van der Waals surface area contributed by atoms with Crippen LogP contribution in [0.2, 0.25) is 0 Å². The van der Waals surface area contributed by atoms with Gasteiger partial charge in [0.2, 0.25) is 0 Å². The SMILES string of the molecule is C[C@@H](CC=N)NC(=O)OC(C)(C)C. The zero-order valence-electron chi connectivity index (χ0n) is 8.68. The monoisotopic (exact) mass is 186 g/mol. The average molecular weight is 186 g/mol. The number of rotatable bonds is 3. The maximum Gasteiger partial charge on any atom is 0.407 e. The predicted molar refractivity (Wildman–Crippen MR) is 52.2 cm³/mol. The standard InChI is InChI=1S/C9H18N2O2/c1-7(5-6-10)11-8(12)13-9(2,3)4/h6-7,10H,5H2,1-4H3,(H,11,12)/t7-/m0/s1. The van der Waals surface area contributed by atoms with E-state index in [1.807, 2.05) is 27.7 Å². The van der Waals surface area contributed by atoms with Crippen molar-refractivity contribution in [3.63, 3.8) is 0 Å². The zero-order chi connectivity index (χ0) is 10.5. The Hall–Kier alpha value is -1.06. The van der Waals surface area contributed by atoms with Gasteiger partial charge >= 0.3 is 6.09 Å². The fourth-order valence-electron chi connectivity index (χ4n) is 0.744. The van der Waals surface area contributed by atoms with Gasteiger partial charge in [0.15, 0.2) is 0 Å². The van der Waals surface area contributed by atoms with Crippen molar-refractivity contribution in [1.29, 1.82) is 5.41 Å². The summed E-state index contributed by atoms with van der Waals surface area (Å²) < 4.78 is 5.03. The summed E-state index contributed by atoms with van der Waals surface area (Å²) in [6.07, 6.45) is 1.36. The lowest BCUT2D eigenvalue weighted by atomic mass is 10.2. The maximum atomic E-state index is 11.1. The minimum atomic E-state index is -0.464. The van der Waals surface area contributed by atoms with Crippen molar-refractivity contribution in [2.24, 2.45) is 0 Å². The Morgan fingerprint density at radius 2 is 2.15 bits per heavy atom. The Balaban J connectivity index is 3.81. The number of nitrogens with one attached hydrogen (secondary N) is 2. The van der Waals surface area contributed by atoms with Crippen LogP contribution in [0.3, 0.4) is 0 Å². The molecule has 0 saturated carbocycles. The molecule has 4 nitrogen and oxygen atoms in total. The smallest absolute Gasteiger partial charge is 0.407 e. The Morgan fingerprint density at radius 3 is 2.54 bits per heavy atom. The first-order valence-corrected chi connectivity index (χ1v) is 4.33. The van der Waals surface area contributed by atoms with Crippen LogP contribution in [0.1, 0.15) is 34.1 Å². The topological polar surface area (TPSA) is 62.2 Å². The van der Waals surface area contributed by atoms with Gasteiger partial charge in [0.1, 0.15) is 5.60 Å². The molecule has 0 aromatic rings. The van der Waals surface area contributed by atoms with Crippen molar-refractivity contribution >= 4 is 12.3 Å². The number of carbonyl (C=O) groups is 1. The fraction of sp³-hybridized carbons (Fsp3) is 0.778. The largest absolute Gasteiger partial charge is 0.444 e. The fourth-order valence-corrected chi connectivity index (χ4v) is 0.744. The number of hydrogen-bond acceptors (Lipinski definition) is 3. The first-order chi connectivity index (χ1) is 5.85. The van der Waals surface area contributed by atoms with Crippen LogP contribution >= 0.6 is 0 Å². The van der Waals surface area contributed by atoms with Gasteiger partial charge in [-0.05, 0) is 33.9 Å². The van der Waals surface area contributed by atoms with Crippen LogP contribution in [0.25, 0.3) is 0 Å². The van der Waals surface area contributed by atoms with Gasteiger partial charge < -0.3 is 15.5 Å². The van der Waals surface area contributed by atoms with Crippen molar-refractivity contribution in [2.45, 2.75) is 45.8 Å². The summed E-state index contributed by atoms with van der Waals surface area (Å²) in [4.78, 5) is 11.1. The van der Waals surface area contributed by atoms with E-state index >= 15 is 0 Å². The highest BCUT2D eigenvalue weighted by molar-refractivity contribution is 5.68. The molecule has 0 aromatic heterocycles. The third kappa shape index (κ3) is 7.31. The molecule has 0 radical (unpaired) electrons. The van der Waals surface area contributed by atoms with Crippen molar-refractivity contribution in [3.05, 3.63) is 0 Å². The van der Waals surface area contributed by atoms with E-state index in [2.05, 4.69) is 5.32 Å². The van der Waals surface area contributed by atoms with Crippen LogP contribution in [-0.4, -0.2) is 24.0 Å². The molecule has 13 heavy (non-hydrogen) atoms. The number of hydrogen-bond donors (Lipinski definition) is 2. The van der Waals surface area contributed by atoms with E-state index in [4.69, 9.17) is 10.1 Å². The molecule has 0 aromatic carbocycles. The Morgan fingerprint density at radius 1 is 1.62 bits per heavy atom. The molecule has 0 rings (SSSR count). The van der Waals surface area contributed by atoms with Crippen molar-refractivity contribution < 1.29 is 9.53 Å². The number of carbonyl (C=O) groups excluding carboxylic acids is 1. The van der Waals surface area contributed by atoms with Crippen molar-refractivity contribution in [1.82, 2.24) is 5.32 Å². The van der Waals surface area contributed by atoms with Gasteiger partial charge in [-0.15, -0.1) is 0 Å². The molecule has 0 fully saturated rings. The number of ether oxygens (including phenoxy) is 1. The second-order valence-corrected chi connectivity index (χ2v) is 3.99. The normalized spacial score (nSPS) is 13.2. The second-order valence-electron chi connectivity index (χ2n) is 3.99. The van der Waals surface area contributed by atoms with Gasteiger partial charge in [-0.25, -0.2) is 4.79 Å². The third-order valence-electron chi connectivity index (χ3n) is 1.23. The summed E-state index contributed by atoms with van der Waals surface area (Å²) in [6.45, 7) is 7.27. The summed E-state index contributed by atoms with van der Waals surface area (Å²) in [6, 6.07) is -0.0488. The summed E-state index contributed by atoms with van der Waals surface area (Å²) in [7, 11) is 0. The number of alkyl carbamates (subject to hydrolysis) is 1. The molecule has 76 valence electrons.